The van der Waals surface area contributed by atoms with Crippen molar-refractivity contribution in [2.24, 2.45) is 0 Å². The molecule has 0 saturated heterocycles. The molecule has 1 N–H and O–H groups in total. The average molecular weight is 155 g/mol. The molecule has 0 radical (unpaired) electrons. The van der Waals surface area contributed by atoms with Crippen LogP contribution in [0.15, 0.2) is 11.6 Å². The lowest BCUT2D eigenvalue weighted by molar-refractivity contribution is 0.722. The van der Waals surface area contributed by atoms with Gasteiger partial charge in [0.15, 0.2) is 0 Å². The molecule has 0 spiro atoms. The predicted molar refractivity (Wildman–Crippen MR) is 51.8 cm³/mol. The van der Waals surface area contributed by atoms with Gasteiger partial charge in [-0.2, -0.15) is 0 Å². The summed E-state index contributed by atoms with van der Waals surface area (Å²) in [6, 6.07) is 0. The summed E-state index contributed by atoms with van der Waals surface area (Å²) >= 11 is 0. The lowest BCUT2D eigenvalue weighted by atomic mass is 10.1. The van der Waals surface area contributed by atoms with E-state index < -0.39 is 0 Å². The van der Waals surface area contributed by atoms with Crippen LogP contribution in [0.25, 0.3) is 0 Å². The molecule has 1 heteroatoms. The van der Waals surface area contributed by atoms with Gasteiger partial charge in [0, 0.05) is 0 Å². The van der Waals surface area contributed by atoms with Gasteiger partial charge < -0.3 is 5.32 Å². The van der Waals surface area contributed by atoms with Gasteiger partial charge in [0.05, 0.1) is 0 Å². The molecule has 0 rings (SSSR count). The standard InChI is InChI=1S/C10H21N/c1-4-7-10(3)8-6-9-11-5-2/h8,11H,4-7,9H2,1-3H3. The van der Waals surface area contributed by atoms with Gasteiger partial charge in [0.1, 0.15) is 0 Å². The Hall–Kier alpha value is -0.300. The minimum Gasteiger partial charge on any atom is -0.317 e. The first-order valence-corrected chi connectivity index (χ1v) is 4.67. The van der Waals surface area contributed by atoms with E-state index in [1.54, 1.807) is 0 Å². The molecule has 0 atom stereocenters. The van der Waals surface area contributed by atoms with E-state index in [4.69, 9.17) is 0 Å². The maximum absolute atomic E-state index is 3.30. The molecule has 0 amide bonds. The van der Waals surface area contributed by atoms with Gasteiger partial charge in [0.25, 0.3) is 0 Å². The fourth-order valence-electron chi connectivity index (χ4n) is 1.09. The Bertz CT molecular complexity index is 105. The lowest BCUT2D eigenvalue weighted by Crippen LogP contribution is -2.13. The summed E-state index contributed by atoms with van der Waals surface area (Å²) in [5, 5.41) is 3.30. The first-order valence-electron chi connectivity index (χ1n) is 4.67. The molecule has 66 valence electrons. The minimum absolute atomic E-state index is 1.08. The van der Waals surface area contributed by atoms with E-state index in [9.17, 15) is 0 Å². The first kappa shape index (κ1) is 10.7. The van der Waals surface area contributed by atoms with E-state index in [2.05, 4.69) is 32.2 Å². The average Bonchev–Trinajstić information content (AvgIpc) is 1.99. The predicted octanol–water partition coefficient (Wildman–Crippen LogP) is 2.73. The van der Waals surface area contributed by atoms with Crippen LogP contribution in [0, 0.1) is 0 Å². The smallest absolute Gasteiger partial charge is 0.00143 e. The third kappa shape index (κ3) is 7.60. The molecule has 0 saturated carbocycles. The lowest BCUT2D eigenvalue weighted by Gasteiger charge is -1.99. The fourth-order valence-corrected chi connectivity index (χ4v) is 1.09. The van der Waals surface area contributed by atoms with Crippen molar-refractivity contribution in [1.82, 2.24) is 5.32 Å². The number of hydrogen-bond acceptors (Lipinski definition) is 1. The summed E-state index contributed by atoms with van der Waals surface area (Å²) in [4.78, 5) is 0. The highest BCUT2D eigenvalue weighted by Crippen LogP contribution is 2.03. The SMILES string of the molecule is CCCC(C)=CCCNCC. The molecule has 1 nitrogen and oxygen atoms in total. The molecule has 0 aliphatic heterocycles. The zero-order chi connectivity index (χ0) is 8.53. The summed E-state index contributed by atoms with van der Waals surface area (Å²) in [6.45, 7) is 8.79. The van der Waals surface area contributed by atoms with Crippen molar-refractivity contribution in [1.29, 1.82) is 0 Å². The summed E-state index contributed by atoms with van der Waals surface area (Å²) in [7, 11) is 0. The molecule has 11 heavy (non-hydrogen) atoms. The minimum atomic E-state index is 1.08. The summed E-state index contributed by atoms with van der Waals surface area (Å²) in [5.41, 5.74) is 1.53. The van der Waals surface area contributed by atoms with Gasteiger partial charge in [-0.1, -0.05) is 31.9 Å². The van der Waals surface area contributed by atoms with Gasteiger partial charge in [-0.15, -0.1) is 0 Å². The molecule has 0 heterocycles. The Kier molecular flexibility index (Phi) is 7.59. The van der Waals surface area contributed by atoms with Gasteiger partial charge >= 0.3 is 0 Å². The zero-order valence-corrected chi connectivity index (χ0v) is 8.11. The third-order valence-corrected chi connectivity index (χ3v) is 1.71. The van der Waals surface area contributed by atoms with Crippen LogP contribution in [0.1, 0.15) is 40.0 Å². The molecule has 0 aliphatic carbocycles. The van der Waals surface area contributed by atoms with Gasteiger partial charge in [-0.05, 0) is 32.9 Å². The molecule has 0 unspecified atom stereocenters. The Balaban J connectivity index is 3.24. The number of rotatable bonds is 6. The van der Waals surface area contributed by atoms with Gasteiger partial charge in [-0.3, -0.25) is 0 Å². The van der Waals surface area contributed by atoms with Crippen molar-refractivity contribution in [3.63, 3.8) is 0 Å². The van der Waals surface area contributed by atoms with E-state index in [1.165, 1.54) is 24.8 Å². The first-order chi connectivity index (χ1) is 5.31. The summed E-state index contributed by atoms with van der Waals surface area (Å²) < 4.78 is 0. The molecule has 0 aliphatic rings. The zero-order valence-electron chi connectivity index (χ0n) is 8.11. The maximum atomic E-state index is 3.30. The number of nitrogens with one attached hydrogen (secondary N) is 1. The van der Waals surface area contributed by atoms with Crippen LogP contribution in [-0.2, 0) is 0 Å². The molecular weight excluding hydrogens is 134 g/mol. The second kappa shape index (κ2) is 7.80. The monoisotopic (exact) mass is 155 g/mol. The highest BCUT2D eigenvalue weighted by molar-refractivity contribution is 4.97. The van der Waals surface area contributed by atoms with Crippen LogP contribution < -0.4 is 5.32 Å². The van der Waals surface area contributed by atoms with Crippen LogP contribution in [0.2, 0.25) is 0 Å². The van der Waals surface area contributed by atoms with Crippen molar-refractivity contribution in [2.45, 2.75) is 40.0 Å². The largest absolute Gasteiger partial charge is 0.317 e. The van der Waals surface area contributed by atoms with Crippen molar-refractivity contribution in [2.75, 3.05) is 13.1 Å². The van der Waals surface area contributed by atoms with E-state index in [0.717, 1.165) is 13.1 Å². The Labute approximate surface area is 70.9 Å². The van der Waals surface area contributed by atoms with E-state index in [-0.39, 0.29) is 0 Å². The molecule has 0 aromatic carbocycles. The second-order valence-corrected chi connectivity index (χ2v) is 2.94. The molecule has 0 fully saturated rings. The summed E-state index contributed by atoms with van der Waals surface area (Å²) in [5.74, 6) is 0. The van der Waals surface area contributed by atoms with E-state index in [1.807, 2.05) is 0 Å². The van der Waals surface area contributed by atoms with Crippen LogP contribution in [0.3, 0.4) is 0 Å². The van der Waals surface area contributed by atoms with Gasteiger partial charge in [-0.25, -0.2) is 0 Å². The third-order valence-electron chi connectivity index (χ3n) is 1.71. The quantitative estimate of drug-likeness (QED) is 0.459. The van der Waals surface area contributed by atoms with Crippen molar-refractivity contribution >= 4 is 0 Å². The second-order valence-electron chi connectivity index (χ2n) is 2.94. The molecule has 0 aromatic rings. The van der Waals surface area contributed by atoms with E-state index >= 15 is 0 Å². The molecule has 0 aromatic heterocycles. The highest BCUT2D eigenvalue weighted by Gasteiger charge is 1.86. The number of allylic oxidation sites excluding steroid dienone is 1. The number of hydrogen-bond donors (Lipinski definition) is 1. The van der Waals surface area contributed by atoms with Crippen molar-refractivity contribution in [3.8, 4) is 0 Å². The topological polar surface area (TPSA) is 12.0 Å². The molecular formula is C10H21N. The molecule has 0 bridgehead atoms. The van der Waals surface area contributed by atoms with Crippen LogP contribution in [-0.4, -0.2) is 13.1 Å². The van der Waals surface area contributed by atoms with Crippen molar-refractivity contribution < 1.29 is 0 Å². The Morgan fingerprint density at radius 2 is 2.09 bits per heavy atom. The maximum Gasteiger partial charge on any atom is -0.00143 e. The van der Waals surface area contributed by atoms with Crippen LogP contribution in [0.4, 0.5) is 0 Å². The van der Waals surface area contributed by atoms with Crippen molar-refractivity contribution in [3.05, 3.63) is 11.6 Å². The van der Waals surface area contributed by atoms with Crippen LogP contribution in [0.5, 0.6) is 0 Å². The normalized spacial score (nSPS) is 12.1. The Morgan fingerprint density at radius 1 is 1.36 bits per heavy atom. The Morgan fingerprint density at radius 3 is 2.64 bits per heavy atom. The highest BCUT2D eigenvalue weighted by atomic mass is 14.8. The van der Waals surface area contributed by atoms with Gasteiger partial charge in [0.2, 0.25) is 0 Å². The van der Waals surface area contributed by atoms with E-state index in [0.29, 0.717) is 0 Å². The summed E-state index contributed by atoms with van der Waals surface area (Å²) in [6.07, 6.45) is 6.04. The fraction of sp³-hybridized carbons (Fsp3) is 0.800. The van der Waals surface area contributed by atoms with Crippen LogP contribution >= 0.6 is 0 Å².